The van der Waals surface area contributed by atoms with Crippen LogP contribution >= 0.6 is 0 Å². The van der Waals surface area contributed by atoms with Gasteiger partial charge in [-0.05, 0) is 26.0 Å². The zero-order valence-electron chi connectivity index (χ0n) is 13.2. The highest BCUT2D eigenvalue weighted by atomic mass is 16.5. The van der Waals surface area contributed by atoms with Crippen molar-refractivity contribution in [3.05, 3.63) is 24.3 Å². The van der Waals surface area contributed by atoms with Gasteiger partial charge in [0, 0.05) is 20.2 Å². The third-order valence-electron chi connectivity index (χ3n) is 3.70. The molecule has 0 N–H and O–H groups in total. The summed E-state index contributed by atoms with van der Waals surface area (Å²) in [5.41, 5.74) is 0.750. The van der Waals surface area contributed by atoms with Gasteiger partial charge in [-0.2, -0.15) is 0 Å². The van der Waals surface area contributed by atoms with Crippen molar-refractivity contribution >= 4 is 17.5 Å². The van der Waals surface area contributed by atoms with Crippen molar-refractivity contribution in [3.8, 4) is 5.75 Å². The number of benzene rings is 1. The molecule has 1 aliphatic heterocycles. The maximum Gasteiger partial charge on any atom is 0.249 e. The SMILES string of the molecule is CCOc1ccccc1N1CCN(C(=O)COC)C(C)C1=O. The number of carbonyl (C=O) groups excluding carboxylic acids is 2. The maximum absolute atomic E-state index is 12.6. The van der Waals surface area contributed by atoms with E-state index in [1.165, 1.54) is 7.11 Å². The summed E-state index contributed by atoms with van der Waals surface area (Å²) in [6.45, 7) is 5.10. The number of hydrogen-bond acceptors (Lipinski definition) is 4. The first-order valence-corrected chi connectivity index (χ1v) is 7.41. The van der Waals surface area contributed by atoms with Crippen molar-refractivity contribution in [2.24, 2.45) is 0 Å². The van der Waals surface area contributed by atoms with Gasteiger partial charge in [0.2, 0.25) is 11.8 Å². The average molecular weight is 306 g/mol. The van der Waals surface area contributed by atoms with Gasteiger partial charge in [0.1, 0.15) is 18.4 Å². The summed E-state index contributed by atoms with van der Waals surface area (Å²) in [5, 5.41) is 0. The minimum Gasteiger partial charge on any atom is -0.492 e. The van der Waals surface area contributed by atoms with E-state index in [9.17, 15) is 9.59 Å². The minimum absolute atomic E-state index is 0.00679. The first kappa shape index (κ1) is 16.3. The Bertz CT molecular complexity index is 547. The molecule has 2 rings (SSSR count). The first-order valence-electron chi connectivity index (χ1n) is 7.41. The molecule has 1 heterocycles. The van der Waals surface area contributed by atoms with E-state index in [1.54, 1.807) is 16.7 Å². The smallest absolute Gasteiger partial charge is 0.249 e. The normalized spacial score (nSPS) is 18.5. The summed E-state index contributed by atoms with van der Waals surface area (Å²) in [6, 6.07) is 6.95. The number of rotatable bonds is 5. The fourth-order valence-corrected chi connectivity index (χ4v) is 2.61. The Morgan fingerprint density at radius 1 is 1.32 bits per heavy atom. The maximum atomic E-state index is 12.6. The second kappa shape index (κ2) is 7.26. The number of para-hydroxylation sites is 2. The van der Waals surface area contributed by atoms with Gasteiger partial charge in [0.05, 0.1) is 12.3 Å². The Hall–Kier alpha value is -2.08. The fraction of sp³-hybridized carbons (Fsp3) is 0.500. The average Bonchev–Trinajstić information content (AvgIpc) is 2.51. The van der Waals surface area contributed by atoms with Crippen molar-refractivity contribution < 1.29 is 19.1 Å². The van der Waals surface area contributed by atoms with E-state index in [-0.39, 0.29) is 18.4 Å². The van der Waals surface area contributed by atoms with E-state index in [2.05, 4.69) is 0 Å². The highest BCUT2D eigenvalue weighted by molar-refractivity contribution is 6.01. The fourth-order valence-electron chi connectivity index (χ4n) is 2.61. The molecule has 1 aliphatic rings. The van der Waals surface area contributed by atoms with Gasteiger partial charge in [-0.25, -0.2) is 0 Å². The Balaban J connectivity index is 2.19. The molecule has 1 fully saturated rings. The number of hydrogen-bond donors (Lipinski definition) is 0. The monoisotopic (exact) mass is 306 g/mol. The lowest BCUT2D eigenvalue weighted by Gasteiger charge is -2.39. The number of methoxy groups -OCH3 is 1. The van der Waals surface area contributed by atoms with Gasteiger partial charge in [0.15, 0.2) is 0 Å². The Morgan fingerprint density at radius 3 is 2.73 bits per heavy atom. The van der Waals surface area contributed by atoms with Crippen LogP contribution in [0, 0.1) is 0 Å². The van der Waals surface area contributed by atoms with Crippen LogP contribution in [0.15, 0.2) is 24.3 Å². The van der Waals surface area contributed by atoms with E-state index in [0.29, 0.717) is 25.4 Å². The molecule has 1 unspecified atom stereocenters. The summed E-state index contributed by atoms with van der Waals surface area (Å²) in [5.74, 6) is 0.408. The molecule has 0 aliphatic carbocycles. The van der Waals surface area contributed by atoms with Crippen molar-refractivity contribution in [3.63, 3.8) is 0 Å². The van der Waals surface area contributed by atoms with Crippen LogP contribution in [0.3, 0.4) is 0 Å². The topological polar surface area (TPSA) is 59.1 Å². The molecule has 2 amide bonds. The summed E-state index contributed by atoms with van der Waals surface area (Å²) < 4.78 is 10.5. The van der Waals surface area contributed by atoms with Gasteiger partial charge < -0.3 is 19.3 Å². The summed E-state index contributed by atoms with van der Waals surface area (Å²) in [6.07, 6.45) is 0. The molecule has 1 aromatic carbocycles. The third-order valence-corrected chi connectivity index (χ3v) is 3.70. The van der Waals surface area contributed by atoms with Crippen LogP contribution in [0.5, 0.6) is 5.75 Å². The van der Waals surface area contributed by atoms with Crippen LogP contribution in [0.1, 0.15) is 13.8 Å². The van der Waals surface area contributed by atoms with Crippen molar-refractivity contribution in [2.75, 3.05) is 38.3 Å². The molecule has 0 aromatic heterocycles. The van der Waals surface area contributed by atoms with Crippen molar-refractivity contribution in [2.45, 2.75) is 19.9 Å². The lowest BCUT2D eigenvalue weighted by Crippen LogP contribution is -2.58. The number of piperazine rings is 1. The highest BCUT2D eigenvalue weighted by Gasteiger charge is 2.35. The highest BCUT2D eigenvalue weighted by Crippen LogP contribution is 2.30. The van der Waals surface area contributed by atoms with Crippen molar-refractivity contribution in [1.29, 1.82) is 0 Å². The molecule has 6 heteroatoms. The zero-order chi connectivity index (χ0) is 16.1. The van der Waals surface area contributed by atoms with Crippen LogP contribution in [0.25, 0.3) is 0 Å². The number of carbonyl (C=O) groups is 2. The van der Waals surface area contributed by atoms with Gasteiger partial charge in [0.25, 0.3) is 0 Å². The molecule has 0 bridgehead atoms. The van der Waals surface area contributed by atoms with Gasteiger partial charge in [-0.1, -0.05) is 12.1 Å². The third kappa shape index (κ3) is 3.22. The van der Waals surface area contributed by atoms with Crippen LogP contribution in [0.4, 0.5) is 5.69 Å². The molecule has 1 atom stereocenters. The van der Waals surface area contributed by atoms with E-state index >= 15 is 0 Å². The quantitative estimate of drug-likeness (QED) is 0.822. The molecule has 1 aromatic rings. The van der Waals surface area contributed by atoms with E-state index in [1.807, 2.05) is 31.2 Å². The van der Waals surface area contributed by atoms with Crippen LogP contribution < -0.4 is 9.64 Å². The summed E-state index contributed by atoms with van der Waals surface area (Å²) >= 11 is 0. The zero-order valence-corrected chi connectivity index (χ0v) is 13.2. The predicted molar refractivity (Wildman–Crippen MR) is 83.0 cm³/mol. The Labute approximate surface area is 130 Å². The van der Waals surface area contributed by atoms with Crippen LogP contribution in [-0.2, 0) is 14.3 Å². The molecular formula is C16H22N2O4. The van der Waals surface area contributed by atoms with Crippen molar-refractivity contribution in [1.82, 2.24) is 4.90 Å². The van der Waals surface area contributed by atoms with Crippen LogP contribution in [0.2, 0.25) is 0 Å². The van der Waals surface area contributed by atoms with Gasteiger partial charge in [-0.3, -0.25) is 9.59 Å². The van der Waals surface area contributed by atoms with Gasteiger partial charge in [-0.15, -0.1) is 0 Å². The Morgan fingerprint density at radius 2 is 2.05 bits per heavy atom. The second-order valence-corrected chi connectivity index (χ2v) is 5.09. The lowest BCUT2D eigenvalue weighted by molar-refractivity contribution is -0.143. The number of nitrogens with zero attached hydrogens (tertiary/aromatic N) is 2. The lowest BCUT2D eigenvalue weighted by atomic mass is 10.1. The predicted octanol–water partition coefficient (Wildman–Crippen LogP) is 1.30. The molecule has 1 saturated heterocycles. The van der Waals surface area contributed by atoms with Crippen LogP contribution in [-0.4, -0.2) is 56.2 Å². The molecule has 0 spiro atoms. The minimum atomic E-state index is -0.508. The summed E-state index contributed by atoms with van der Waals surface area (Å²) in [7, 11) is 1.47. The Kier molecular flexibility index (Phi) is 5.38. The number of ether oxygens (including phenoxy) is 2. The second-order valence-electron chi connectivity index (χ2n) is 5.09. The van der Waals surface area contributed by atoms with Gasteiger partial charge >= 0.3 is 0 Å². The molecular weight excluding hydrogens is 284 g/mol. The standard InChI is InChI=1S/C16H22N2O4/c1-4-22-14-8-6-5-7-13(14)18-10-9-17(12(2)16(18)20)15(19)11-21-3/h5-8,12H,4,9-11H2,1-3H3. The number of anilines is 1. The molecule has 22 heavy (non-hydrogen) atoms. The van der Waals surface area contributed by atoms with E-state index in [4.69, 9.17) is 9.47 Å². The molecule has 120 valence electrons. The molecule has 0 saturated carbocycles. The van der Waals surface area contributed by atoms with E-state index in [0.717, 1.165) is 5.69 Å². The molecule has 6 nitrogen and oxygen atoms in total. The van der Waals surface area contributed by atoms with E-state index < -0.39 is 6.04 Å². The summed E-state index contributed by atoms with van der Waals surface area (Å²) in [4.78, 5) is 27.9. The largest absolute Gasteiger partial charge is 0.492 e. The number of amides is 2. The molecule has 0 radical (unpaired) electrons. The first-order chi connectivity index (χ1) is 10.6.